The predicted octanol–water partition coefficient (Wildman–Crippen LogP) is 4.04. The number of anilines is 1. The molecule has 0 spiro atoms. The number of hydrogen-bond acceptors (Lipinski definition) is 6. The van der Waals surface area contributed by atoms with Gasteiger partial charge in [0.25, 0.3) is 10.1 Å². The second kappa shape index (κ2) is 9.18. The summed E-state index contributed by atoms with van der Waals surface area (Å²) >= 11 is 0. The first-order valence-corrected chi connectivity index (χ1v) is 10.5. The van der Waals surface area contributed by atoms with Gasteiger partial charge in [-0.3, -0.25) is 0 Å². The fourth-order valence-electron chi connectivity index (χ4n) is 2.21. The minimum absolute atomic E-state index is 0.228. The summed E-state index contributed by atoms with van der Waals surface area (Å²) in [5.74, 6) is 0. The smallest absolute Gasteiger partial charge is 0.440 e. The molecule has 0 unspecified atom stereocenters. The molecule has 0 aromatic heterocycles. The Kier molecular flexibility index (Phi) is 7.17. The van der Waals surface area contributed by atoms with Crippen LogP contribution in [0.2, 0.25) is 0 Å². The molecule has 0 bridgehead atoms. The summed E-state index contributed by atoms with van der Waals surface area (Å²) in [7, 11) is -3.93. The van der Waals surface area contributed by atoms with Crippen LogP contribution in [0.3, 0.4) is 0 Å². The van der Waals surface area contributed by atoms with Crippen LogP contribution in [0.25, 0.3) is 0 Å². The van der Waals surface area contributed by atoms with Crippen molar-refractivity contribution >= 4 is 21.9 Å². The Bertz CT molecular complexity index is 873. The molecule has 0 aliphatic rings. The van der Waals surface area contributed by atoms with Gasteiger partial charge in [0, 0.05) is 0 Å². The Morgan fingerprint density at radius 2 is 1.46 bits per heavy atom. The summed E-state index contributed by atoms with van der Waals surface area (Å²) < 4.78 is 38.8. The second-order valence-electron chi connectivity index (χ2n) is 7.20. The highest BCUT2D eigenvalue weighted by Crippen LogP contribution is 2.21. The fraction of sp³-hybridized carbons (Fsp3) is 0.350. The lowest BCUT2D eigenvalue weighted by atomic mass is 10.2. The number of hydroxylamine groups is 1. The number of ether oxygens (including phenoxy) is 2. The number of hydrogen-bond donors (Lipinski definition) is 0. The van der Waals surface area contributed by atoms with Crippen molar-refractivity contribution < 1.29 is 27.0 Å². The van der Waals surface area contributed by atoms with Crippen LogP contribution >= 0.6 is 0 Å². The molecule has 0 heterocycles. The lowest BCUT2D eigenvalue weighted by Gasteiger charge is -2.25. The van der Waals surface area contributed by atoms with Crippen molar-refractivity contribution in [3.8, 4) is 0 Å². The van der Waals surface area contributed by atoms with E-state index >= 15 is 0 Å². The second-order valence-corrected chi connectivity index (χ2v) is 8.76. The largest absolute Gasteiger partial charge is 0.442 e. The molecule has 2 aromatic rings. The van der Waals surface area contributed by atoms with E-state index < -0.39 is 21.8 Å². The Morgan fingerprint density at radius 3 is 1.96 bits per heavy atom. The van der Waals surface area contributed by atoms with Crippen molar-refractivity contribution in [1.82, 2.24) is 0 Å². The van der Waals surface area contributed by atoms with Crippen molar-refractivity contribution in [1.29, 1.82) is 0 Å². The molecule has 7 nitrogen and oxygen atoms in total. The van der Waals surface area contributed by atoms with Crippen LogP contribution in [0.15, 0.2) is 54.6 Å². The molecule has 0 saturated heterocycles. The standard InChI is InChI=1S/C20H25NO6S/c1-20(2,3)26-19(22)21(27-28(4,23)24)18-12-10-17(11-13-18)15-25-14-16-8-6-5-7-9-16/h5-13H,14-15H2,1-4H3. The van der Waals surface area contributed by atoms with E-state index in [1.54, 1.807) is 45.0 Å². The van der Waals surface area contributed by atoms with E-state index in [1.165, 1.54) is 0 Å². The summed E-state index contributed by atoms with van der Waals surface area (Å²) in [5, 5.41) is 0.620. The van der Waals surface area contributed by atoms with Crippen LogP contribution in [0.1, 0.15) is 31.9 Å². The number of amides is 1. The number of carbonyl (C=O) groups excluding carboxylic acids is 1. The highest BCUT2D eigenvalue weighted by atomic mass is 32.2. The van der Waals surface area contributed by atoms with E-state index in [-0.39, 0.29) is 5.69 Å². The molecule has 2 aromatic carbocycles. The maximum absolute atomic E-state index is 12.3. The highest BCUT2D eigenvalue weighted by molar-refractivity contribution is 7.86. The summed E-state index contributed by atoms with van der Waals surface area (Å²) in [6.45, 7) is 5.88. The monoisotopic (exact) mass is 407 g/mol. The molecule has 152 valence electrons. The van der Waals surface area contributed by atoms with Crippen molar-refractivity contribution in [2.75, 3.05) is 11.3 Å². The van der Waals surface area contributed by atoms with E-state index in [0.29, 0.717) is 18.3 Å². The van der Waals surface area contributed by atoms with Gasteiger partial charge in [0.05, 0.1) is 25.2 Å². The maximum Gasteiger partial charge on any atom is 0.440 e. The Morgan fingerprint density at radius 1 is 0.929 bits per heavy atom. The average molecular weight is 407 g/mol. The molecule has 0 fully saturated rings. The zero-order chi connectivity index (χ0) is 20.8. The molecule has 1 amide bonds. The molecule has 0 N–H and O–H groups in total. The zero-order valence-electron chi connectivity index (χ0n) is 16.4. The van der Waals surface area contributed by atoms with Crippen molar-refractivity contribution in [2.24, 2.45) is 0 Å². The van der Waals surface area contributed by atoms with Gasteiger partial charge in [0.1, 0.15) is 5.60 Å². The summed E-state index contributed by atoms with van der Waals surface area (Å²) in [4.78, 5) is 12.3. The molecule has 0 saturated carbocycles. The average Bonchev–Trinajstić information content (AvgIpc) is 2.59. The third kappa shape index (κ3) is 7.67. The minimum atomic E-state index is -3.93. The Balaban J connectivity index is 2.06. The molecule has 2 rings (SSSR count). The van der Waals surface area contributed by atoms with Gasteiger partial charge in [0.2, 0.25) is 0 Å². The van der Waals surface area contributed by atoms with Gasteiger partial charge in [-0.15, -0.1) is 9.35 Å². The number of nitrogens with zero attached hydrogens (tertiary/aromatic N) is 1. The molecule has 28 heavy (non-hydrogen) atoms. The minimum Gasteiger partial charge on any atom is -0.442 e. The van der Waals surface area contributed by atoms with E-state index in [1.807, 2.05) is 30.3 Å². The van der Waals surface area contributed by atoms with Crippen molar-refractivity contribution in [2.45, 2.75) is 39.6 Å². The van der Waals surface area contributed by atoms with Crippen molar-refractivity contribution in [3.63, 3.8) is 0 Å². The van der Waals surface area contributed by atoms with Crippen molar-refractivity contribution in [3.05, 3.63) is 65.7 Å². The number of carbonyl (C=O) groups is 1. The van der Waals surface area contributed by atoms with Crippen LogP contribution in [-0.4, -0.2) is 26.4 Å². The molecule has 0 aliphatic carbocycles. The van der Waals surface area contributed by atoms with E-state index in [2.05, 4.69) is 0 Å². The van der Waals surface area contributed by atoms with Gasteiger partial charge in [-0.1, -0.05) is 42.5 Å². The molecule has 8 heteroatoms. The third-order valence-corrected chi connectivity index (χ3v) is 3.74. The third-order valence-electron chi connectivity index (χ3n) is 3.32. The first kappa shape index (κ1) is 21.9. The SMILES string of the molecule is CC(C)(C)OC(=O)N(OS(C)(=O)=O)c1ccc(COCc2ccccc2)cc1. The molecular formula is C20H25NO6S. The maximum atomic E-state index is 12.3. The van der Waals surface area contributed by atoms with E-state index in [0.717, 1.165) is 17.4 Å². The van der Waals surface area contributed by atoms with Gasteiger partial charge in [-0.25, -0.2) is 4.79 Å². The predicted molar refractivity (Wildman–Crippen MR) is 106 cm³/mol. The van der Waals surface area contributed by atoms with Crippen LogP contribution < -0.4 is 5.06 Å². The summed E-state index contributed by atoms with van der Waals surface area (Å²) in [6, 6.07) is 16.4. The molecule has 0 atom stereocenters. The van der Waals surface area contributed by atoms with Crippen LogP contribution in [0, 0.1) is 0 Å². The lowest BCUT2D eigenvalue weighted by molar-refractivity contribution is 0.0445. The number of rotatable bonds is 7. The van der Waals surface area contributed by atoms with Gasteiger partial charge in [0.15, 0.2) is 0 Å². The Labute approximate surface area is 165 Å². The zero-order valence-corrected chi connectivity index (χ0v) is 17.2. The first-order chi connectivity index (χ1) is 13.0. The van der Waals surface area contributed by atoms with Gasteiger partial charge < -0.3 is 9.47 Å². The first-order valence-electron chi connectivity index (χ1n) is 8.67. The van der Waals surface area contributed by atoms with E-state index in [4.69, 9.17) is 13.8 Å². The highest BCUT2D eigenvalue weighted by Gasteiger charge is 2.27. The van der Waals surface area contributed by atoms with Gasteiger partial charge in [-0.2, -0.15) is 8.42 Å². The van der Waals surface area contributed by atoms with Crippen LogP contribution in [0.5, 0.6) is 0 Å². The Hall–Kier alpha value is -2.42. The van der Waals surface area contributed by atoms with Crippen LogP contribution in [-0.2, 0) is 37.1 Å². The number of benzene rings is 2. The normalized spacial score (nSPS) is 11.9. The lowest BCUT2D eigenvalue weighted by Crippen LogP contribution is -2.38. The molecular weight excluding hydrogens is 382 g/mol. The quantitative estimate of drug-likeness (QED) is 0.645. The fourth-order valence-corrected chi connectivity index (χ4v) is 2.62. The molecule has 0 radical (unpaired) electrons. The molecule has 0 aliphatic heterocycles. The summed E-state index contributed by atoms with van der Waals surface area (Å²) in [6.07, 6.45) is -0.0677. The topological polar surface area (TPSA) is 82.1 Å². The summed E-state index contributed by atoms with van der Waals surface area (Å²) in [5.41, 5.74) is 1.35. The van der Waals surface area contributed by atoms with Gasteiger partial charge in [-0.05, 0) is 44.0 Å². The van der Waals surface area contributed by atoms with Crippen LogP contribution in [0.4, 0.5) is 10.5 Å². The van der Waals surface area contributed by atoms with Gasteiger partial charge >= 0.3 is 6.09 Å². The van der Waals surface area contributed by atoms with E-state index in [9.17, 15) is 13.2 Å².